The van der Waals surface area contributed by atoms with Gasteiger partial charge in [0.1, 0.15) is 11.2 Å². The minimum absolute atomic E-state index is 0.143. The first-order chi connectivity index (χ1) is 9.48. The molecule has 0 radical (unpaired) electrons. The molecule has 1 amide bonds. The lowest BCUT2D eigenvalue weighted by Crippen LogP contribution is -2.43. The van der Waals surface area contributed by atoms with Gasteiger partial charge in [-0.05, 0) is 19.4 Å². The van der Waals surface area contributed by atoms with Crippen molar-refractivity contribution in [1.29, 1.82) is 0 Å². The van der Waals surface area contributed by atoms with Gasteiger partial charge in [0, 0.05) is 0 Å². The van der Waals surface area contributed by atoms with Crippen LogP contribution in [0.1, 0.15) is 19.4 Å². The van der Waals surface area contributed by atoms with E-state index in [1.807, 2.05) is 49.1 Å². The Hall–Kier alpha value is -1.39. The summed E-state index contributed by atoms with van der Waals surface area (Å²) in [5, 5.41) is 0. The molecular weight excluding hydrogens is 254 g/mol. The normalized spacial score (nSPS) is 30.9. The topological polar surface area (TPSA) is 45.4 Å². The predicted octanol–water partition coefficient (Wildman–Crippen LogP) is 1.64. The van der Waals surface area contributed by atoms with Gasteiger partial charge >= 0.3 is 0 Å². The van der Waals surface area contributed by atoms with Crippen molar-refractivity contribution in [2.24, 2.45) is 0 Å². The Morgan fingerprint density at radius 1 is 1.10 bits per heavy atom. The monoisotopic (exact) mass is 275 g/mol. The predicted molar refractivity (Wildman–Crippen MR) is 75.4 cm³/mol. The lowest BCUT2D eigenvalue weighted by molar-refractivity contribution is -0.132. The maximum atomic E-state index is 12.5. The van der Waals surface area contributed by atoms with Gasteiger partial charge in [-0.3, -0.25) is 4.79 Å². The Morgan fingerprint density at radius 2 is 1.60 bits per heavy atom. The number of carbonyl (C=O) groups excluding carboxylic acids is 1. The molecular formula is C16H21NO3. The average Bonchev–Trinajstić information content (AvgIpc) is 3.32. The van der Waals surface area contributed by atoms with Gasteiger partial charge in [0.15, 0.2) is 0 Å². The summed E-state index contributed by atoms with van der Waals surface area (Å²) in [6.45, 7) is 6.87. The van der Waals surface area contributed by atoms with Crippen LogP contribution in [-0.2, 0) is 20.7 Å². The second-order valence-electron chi connectivity index (χ2n) is 6.39. The van der Waals surface area contributed by atoms with Crippen molar-refractivity contribution >= 4 is 5.91 Å². The van der Waals surface area contributed by atoms with E-state index in [2.05, 4.69) is 0 Å². The van der Waals surface area contributed by atoms with E-state index < -0.39 is 0 Å². The third-order valence-corrected chi connectivity index (χ3v) is 3.88. The summed E-state index contributed by atoms with van der Waals surface area (Å²) < 4.78 is 10.9. The van der Waals surface area contributed by atoms with Gasteiger partial charge < -0.3 is 14.4 Å². The largest absolute Gasteiger partial charge is 0.368 e. The maximum Gasteiger partial charge on any atom is 0.227 e. The Balaban J connectivity index is 1.65. The molecule has 0 aliphatic carbocycles. The third-order valence-electron chi connectivity index (χ3n) is 3.88. The smallest absolute Gasteiger partial charge is 0.227 e. The van der Waals surface area contributed by atoms with Crippen molar-refractivity contribution in [2.75, 3.05) is 26.3 Å². The van der Waals surface area contributed by atoms with Gasteiger partial charge in [0.05, 0.1) is 32.7 Å². The quantitative estimate of drug-likeness (QED) is 0.741. The molecule has 1 aromatic carbocycles. The van der Waals surface area contributed by atoms with E-state index in [1.165, 1.54) is 0 Å². The zero-order valence-corrected chi connectivity index (χ0v) is 12.1. The minimum atomic E-state index is -0.155. The fourth-order valence-corrected chi connectivity index (χ4v) is 2.35. The van der Waals surface area contributed by atoms with E-state index >= 15 is 0 Å². The first-order valence-corrected chi connectivity index (χ1v) is 7.08. The molecule has 0 spiro atoms. The molecule has 2 unspecified atom stereocenters. The Kier molecular flexibility index (Phi) is 3.30. The van der Waals surface area contributed by atoms with Crippen LogP contribution in [0.5, 0.6) is 0 Å². The lowest BCUT2D eigenvalue weighted by atomic mass is 10.1. The van der Waals surface area contributed by atoms with E-state index in [-0.39, 0.29) is 17.1 Å². The number of ether oxygens (including phenoxy) is 2. The molecule has 2 fully saturated rings. The molecule has 4 nitrogen and oxygen atoms in total. The molecule has 2 atom stereocenters. The minimum Gasteiger partial charge on any atom is -0.368 e. The molecule has 2 aliphatic rings. The van der Waals surface area contributed by atoms with Gasteiger partial charge in [-0.25, -0.2) is 0 Å². The standard InChI is InChI=1S/C16H21NO3/c1-15(11-19-15)9-17(10-16(2)12-20-16)14(18)8-13-6-4-3-5-7-13/h3-7H,8-12H2,1-2H3. The maximum absolute atomic E-state index is 12.5. The van der Waals surface area contributed by atoms with Crippen molar-refractivity contribution < 1.29 is 14.3 Å². The number of rotatable bonds is 6. The van der Waals surface area contributed by atoms with E-state index in [9.17, 15) is 4.79 Å². The van der Waals surface area contributed by atoms with E-state index in [0.717, 1.165) is 18.8 Å². The summed E-state index contributed by atoms with van der Waals surface area (Å²) in [7, 11) is 0. The van der Waals surface area contributed by atoms with Crippen LogP contribution in [0.15, 0.2) is 30.3 Å². The Labute approximate surface area is 119 Å². The first-order valence-electron chi connectivity index (χ1n) is 7.08. The molecule has 20 heavy (non-hydrogen) atoms. The second-order valence-corrected chi connectivity index (χ2v) is 6.39. The van der Waals surface area contributed by atoms with Crippen molar-refractivity contribution in [1.82, 2.24) is 4.90 Å². The highest BCUT2D eigenvalue weighted by atomic mass is 16.6. The van der Waals surface area contributed by atoms with Gasteiger partial charge in [0.2, 0.25) is 5.91 Å². The summed E-state index contributed by atoms with van der Waals surface area (Å²) in [6, 6.07) is 9.86. The summed E-state index contributed by atoms with van der Waals surface area (Å²) >= 11 is 0. The highest BCUT2D eigenvalue weighted by Crippen LogP contribution is 2.31. The second kappa shape index (κ2) is 4.86. The van der Waals surface area contributed by atoms with Crippen molar-refractivity contribution in [2.45, 2.75) is 31.5 Å². The number of carbonyl (C=O) groups is 1. The summed E-state index contributed by atoms with van der Waals surface area (Å²) in [6.07, 6.45) is 0.437. The highest BCUT2D eigenvalue weighted by molar-refractivity contribution is 5.79. The fourth-order valence-electron chi connectivity index (χ4n) is 2.35. The van der Waals surface area contributed by atoms with Crippen LogP contribution in [0.3, 0.4) is 0 Å². The van der Waals surface area contributed by atoms with Crippen LogP contribution in [0.25, 0.3) is 0 Å². The number of epoxide rings is 2. The van der Waals surface area contributed by atoms with Crippen LogP contribution in [-0.4, -0.2) is 48.3 Å². The number of hydrogen-bond donors (Lipinski definition) is 0. The van der Waals surface area contributed by atoms with E-state index in [1.54, 1.807) is 0 Å². The average molecular weight is 275 g/mol. The molecule has 108 valence electrons. The summed E-state index contributed by atoms with van der Waals surface area (Å²) in [5.41, 5.74) is 0.737. The van der Waals surface area contributed by atoms with Gasteiger partial charge in [-0.1, -0.05) is 30.3 Å². The van der Waals surface area contributed by atoms with Crippen LogP contribution in [0, 0.1) is 0 Å². The van der Waals surface area contributed by atoms with Gasteiger partial charge in [0.25, 0.3) is 0 Å². The molecule has 0 N–H and O–H groups in total. The molecule has 0 aromatic heterocycles. The lowest BCUT2D eigenvalue weighted by Gasteiger charge is -2.26. The number of amides is 1. The molecule has 2 aliphatic heterocycles. The Morgan fingerprint density at radius 3 is 2.05 bits per heavy atom. The zero-order chi connectivity index (χ0) is 14.2. The molecule has 4 heteroatoms. The highest BCUT2D eigenvalue weighted by Gasteiger charge is 2.46. The zero-order valence-electron chi connectivity index (χ0n) is 12.1. The van der Waals surface area contributed by atoms with Crippen molar-refractivity contribution in [3.8, 4) is 0 Å². The van der Waals surface area contributed by atoms with Crippen LogP contribution in [0.2, 0.25) is 0 Å². The van der Waals surface area contributed by atoms with Gasteiger partial charge in [-0.2, -0.15) is 0 Å². The van der Waals surface area contributed by atoms with Gasteiger partial charge in [-0.15, -0.1) is 0 Å². The molecule has 0 bridgehead atoms. The molecule has 2 saturated heterocycles. The fraction of sp³-hybridized carbons (Fsp3) is 0.562. The van der Waals surface area contributed by atoms with Crippen LogP contribution < -0.4 is 0 Å². The Bertz CT molecular complexity index is 472. The van der Waals surface area contributed by atoms with E-state index in [4.69, 9.17) is 9.47 Å². The molecule has 1 aromatic rings. The van der Waals surface area contributed by atoms with Crippen LogP contribution in [0.4, 0.5) is 0 Å². The third kappa shape index (κ3) is 3.38. The van der Waals surface area contributed by atoms with Crippen molar-refractivity contribution in [3.05, 3.63) is 35.9 Å². The molecule has 0 saturated carbocycles. The van der Waals surface area contributed by atoms with Crippen molar-refractivity contribution in [3.63, 3.8) is 0 Å². The summed E-state index contributed by atoms with van der Waals surface area (Å²) in [4.78, 5) is 14.4. The number of nitrogens with zero attached hydrogens (tertiary/aromatic N) is 1. The number of hydrogen-bond acceptors (Lipinski definition) is 3. The SMILES string of the molecule is CC1(CN(CC2(C)CO2)C(=O)Cc2ccccc2)CO1. The van der Waals surface area contributed by atoms with Crippen LogP contribution >= 0.6 is 0 Å². The molecule has 2 heterocycles. The first kappa shape index (κ1) is 13.6. The number of benzene rings is 1. The summed E-state index contributed by atoms with van der Waals surface area (Å²) in [5.74, 6) is 0.143. The van der Waals surface area contributed by atoms with E-state index in [0.29, 0.717) is 19.5 Å². The molecule has 3 rings (SSSR count).